The first kappa shape index (κ1) is 22.7. The van der Waals surface area contributed by atoms with Crippen LogP contribution >= 0.6 is 0 Å². The highest BCUT2D eigenvalue weighted by Crippen LogP contribution is 2.34. The van der Waals surface area contributed by atoms with Crippen molar-refractivity contribution in [2.75, 3.05) is 51.7 Å². The molecule has 2 heterocycles. The van der Waals surface area contributed by atoms with Gasteiger partial charge in [-0.05, 0) is 37.2 Å². The van der Waals surface area contributed by atoms with Crippen molar-refractivity contribution in [2.24, 2.45) is 5.73 Å². The van der Waals surface area contributed by atoms with Gasteiger partial charge < -0.3 is 15.5 Å². The number of primary amides is 1. The normalized spacial score (nSPS) is 16.0. The molecule has 0 saturated carbocycles. The predicted octanol–water partition coefficient (Wildman–Crippen LogP) is 1.97. The number of rotatable bonds is 8. The summed E-state index contributed by atoms with van der Waals surface area (Å²) in [7, 11) is 3.81. The van der Waals surface area contributed by atoms with Crippen molar-refractivity contribution in [1.82, 2.24) is 19.8 Å². The molecule has 0 aliphatic carbocycles. The second-order valence-electron chi connectivity index (χ2n) is 8.10. The number of likely N-dealkylation sites (N-methyl/N-ethyl adjacent to an activating group) is 1. The molecule has 1 aliphatic rings. The molecule has 1 aromatic heterocycles. The Morgan fingerprint density at radius 1 is 1.23 bits per heavy atom. The second-order valence-corrected chi connectivity index (χ2v) is 8.10. The van der Waals surface area contributed by atoms with Crippen LogP contribution in [0.4, 0.5) is 5.95 Å². The summed E-state index contributed by atoms with van der Waals surface area (Å²) in [5.41, 5.74) is 8.55. The Kier molecular flexibility index (Phi) is 7.22. The lowest BCUT2D eigenvalue weighted by Gasteiger charge is -2.23. The quantitative estimate of drug-likeness (QED) is 0.696. The average molecular weight is 425 g/mol. The third-order valence-electron chi connectivity index (χ3n) is 5.84. The Morgan fingerprint density at radius 2 is 1.97 bits per heavy atom. The molecule has 8 nitrogen and oxygen atoms in total. The van der Waals surface area contributed by atoms with E-state index < -0.39 is 5.91 Å². The Hall–Kier alpha value is -3.00. The van der Waals surface area contributed by atoms with E-state index in [9.17, 15) is 9.59 Å². The van der Waals surface area contributed by atoms with Gasteiger partial charge in [-0.15, -0.1) is 0 Å². The number of nitrogens with zero attached hydrogens (tertiary/aromatic N) is 5. The van der Waals surface area contributed by atoms with Gasteiger partial charge in [-0.3, -0.25) is 14.5 Å². The zero-order valence-corrected chi connectivity index (χ0v) is 18.8. The maximum atomic E-state index is 12.8. The number of benzene rings is 1. The van der Waals surface area contributed by atoms with Crippen LogP contribution in [-0.2, 0) is 4.79 Å². The minimum absolute atomic E-state index is 0.106. The lowest BCUT2D eigenvalue weighted by molar-refractivity contribution is -0.131. The van der Waals surface area contributed by atoms with E-state index in [1.165, 1.54) is 0 Å². The summed E-state index contributed by atoms with van der Waals surface area (Å²) in [6, 6.07) is 7.22. The summed E-state index contributed by atoms with van der Waals surface area (Å²) in [6.45, 7) is 7.65. The molecule has 2 N–H and O–H groups in total. The number of likely N-dealkylation sites (tertiary alicyclic amines) is 1. The van der Waals surface area contributed by atoms with Crippen molar-refractivity contribution in [1.29, 1.82) is 0 Å². The van der Waals surface area contributed by atoms with Gasteiger partial charge in [0.25, 0.3) is 0 Å². The van der Waals surface area contributed by atoms with Gasteiger partial charge in [0, 0.05) is 50.4 Å². The van der Waals surface area contributed by atoms with Crippen molar-refractivity contribution in [3.63, 3.8) is 0 Å². The van der Waals surface area contributed by atoms with E-state index in [0.717, 1.165) is 36.3 Å². The average Bonchev–Trinajstić information content (AvgIpc) is 3.27. The molecule has 0 bridgehead atoms. The molecule has 31 heavy (non-hydrogen) atoms. The SMILES string of the molecule is CCN(CC)CC(=O)N1CC[C@@H](c2nc(N(C)C)ncc2-c2cccc(C(N)=O)c2)C1. The third-order valence-corrected chi connectivity index (χ3v) is 5.84. The first-order chi connectivity index (χ1) is 14.8. The first-order valence-corrected chi connectivity index (χ1v) is 10.8. The third kappa shape index (κ3) is 5.19. The summed E-state index contributed by atoms with van der Waals surface area (Å²) < 4.78 is 0. The van der Waals surface area contributed by atoms with Gasteiger partial charge in [-0.25, -0.2) is 9.97 Å². The minimum atomic E-state index is -0.469. The summed E-state index contributed by atoms with van der Waals surface area (Å²) in [4.78, 5) is 39.7. The number of carbonyl (C=O) groups is 2. The summed E-state index contributed by atoms with van der Waals surface area (Å²) >= 11 is 0. The van der Waals surface area contributed by atoms with E-state index in [1.807, 2.05) is 36.0 Å². The Balaban J connectivity index is 1.91. The lowest BCUT2D eigenvalue weighted by Crippen LogP contribution is -2.39. The highest BCUT2D eigenvalue weighted by Gasteiger charge is 2.31. The molecule has 0 unspecified atom stereocenters. The molecule has 3 rings (SSSR count). The first-order valence-electron chi connectivity index (χ1n) is 10.8. The van der Waals surface area contributed by atoms with Crippen LogP contribution in [0.2, 0.25) is 0 Å². The molecule has 0 spiro atoms. The fourth-order valence-electron chi connectivity index (χ4n) is 3.92. The molecule has 166 valence electrons. The Labute approximate surface area is 184 Å². The highest BCUT2D eigenvalue weighted by atomic mass is 16.2. The van der Waals surface area contributed by atoms with Gasteiger partial charge >= 0.3 is 0 Å². The van der Waals surface area contributed by atoms with Gasteiger partial charge in [-0.2, -0.15) is 0 Å². The van der Waals surface area contributed by atoms with Gasteiger partial charge in [0.2, 0.25) is 17.8 Å². The van der Waals surface area contributed by atoms with Gasteiger partial charge in [0.1, 0.15) is 0 Å². The number of anilines is 1. The van der Waals surface area contributed by atoms with Crippen LogP contribution < -0.4 is 10.6 Å². The maximum absolute atomic E-state index is 12.8. The number of nitrogens with two attached hydrogens (primary N) is 1. The molecule has 1 fully saturated rings. The van der Waals surface area contributed by atoms with E-state index >= 15 is 0 Å². The van der Waals surface area contributed by atoms with Crippen LogP contribution in [0.1, 0.15) is 42.2 Å². The van der Waals surface area contributed by atoms with E-state index in [4.69, 9.17) is 10.7 Å². The van der Waals surface area contributed by atoms with Gasteiger partial charge in [0.15, 0.2) is 0 Å². The summed E-state index contributed by atoms with van der Waals surface area (Å²) in [5.74, 6) is 0.418. The van der Waals surface area contributed by atoms with Gasteiger partial charge in [0.05, 0.1) is 12.2 Å². The topological polar surface area (TPSA) is 95.7 Å². The standard InChI is InChI=1S/C23H32N6O2/c1-5-28(6-2)15-20(30)29-11-10-18(14-29)21-19(13-25-23(26-21)27(3)4)16-8-7-9-17(12-16)22(24)31/h7-9,12-13,18H,5-6,10-11,14-15H2,1-4H3,(H2,24,31)/t18-/m1/s1. The minimum Gasteiger partial charge on any atom is -0.366 e. The maximum Gasteiger partial charge on any atom is 0.248 e. The van der Waals surface area contributed by atoms with E-state index in [-0.39, 0.29) is 11.8 Å². The molecule has 1 aromatic carbocycles. The van der Waals surface area contributed by atoms with Crippen LogP contribution in [0, 0.1) is 0 Å². The highest BCUT2D eigenvalue weighted by molar-refractivity contribution is 5.94. The number of hydrogen-bond acceptors (Lipinski definition) is 6. The van der Waals surface area contributed by atoms with E-state index in [1.54, 1.807) is 18.3 Å². The van der Waals surface area contributed by atoms with Crippen molar-refractivity contribution >= 4 is 17.8 Å². The zero-order chi connectivity index (χ0) is 22.5. The largest absolute Gasteiger partial charge is 0.366 e. The number of hydrogen-bond donors (Lipinski definition) is 1. The van der Waals surface area contributed by atoms with Crippen molar-refractivity contribution in [3.8, 4) is 11.1 Å². The predicted molar refractivity (Wildman–Crippen MR) is 122 cm³/mol. The summed E-state index contributed by atoms with van der Waals surface area (Å²) in [6.07, 6.45) is 2.65. The Morgan fingerprint density at radius 3 is 2.61 bits per heavy atom. The van der Waals surface area contributed by atoms with Crippen LogP contribution in [0.15, 0.2) is 30.5 Å². The fraction of sp³-hybridized carbons (Fsp3) is 0.478. The molecule has 2 aromatic rings. The van der Waals surface area contributed by atoms with Crippen molar-refractivity contribution < 1.29 is 9.59 Å². The van der Waals surface area contributed by atoms with E-state index in [2.05, 4.69) is 23.7 Å². The lowest BCUT2D eigenvalue weighted by atomic mass is 9.95. The molecule has 1 aliphatic heterocycles. The summed E-state index contributed by atoms with van der Waals surface area (Å²) in [5, 5.41) is 0. The van der Waals surface area contributed by atoms with Crippen molar-refractivity contribution in [2.45, 2.75) is 26.2 Å². The molecular formula is C23H32N6O2. The molecular weight excluding hydrogens is 392 g/mol. The molecule has 8 heteroatoms. The van der Waals surface area contributed by atoms with Crippen LogP contribution in [0.5, 0.6) is 0 Å². The second kappa shape index (κ2) is 9.87. The van der Waals surface area contributed by atoms with Crippen LogP contribution in [-0.4, -0.2) is 78.4 Å². The molecule has 0 radical (unpaired) electrons. The number of aromatic nitrogens is 2. The van der Waals surface area contributed by atoms with Crippen LogP contribution in [0.3, 0.4) is 0 Å². The smallest absolute Gasteiger partial charge is 0.248 e. The fourth-order valence-corrected chi connectivity index (χ4v) is 3.92. The van der Waals surface area contributed by atoms with Gasteiger partial charge in [-0.1, -0.05) is 26.0 Å². The molecule has 2 amide bonds. The van der Waals surface area contributed by atoms with Crippen LogP contribution in [0.25, 0.3) is 11.1 Å². The van der Waals surface area contributed by atoms with Crippen molar-refractivity contribution in [3.05, 3.63) is 41.7 Å². The molecule has 1 saturated heterocycles. The molecule has 1 atom stereocenters. The monoisotopic (exact) mass is 424 g/mol. The Bertz CT molecular complexity index is 941. The van der Waals surface area contributed by atoms with E-state index in [0.29, 0.717) is 31.1 Å². The number of amides is 2. The number of carbonyl (C=O) groups excluding carboxylic acids is 2. The zero-order valence-electron chi connectivity index (χ0n) is 18.8.